The number of rotatable bonds is 5. The first-order chi connectivity index (χ1) is 11.7. The van der Waals surface area contributed by atoms with E-state index in [9.17, 15) is 4.79 Å². The van der Waals surface area contributed by atoms with Gasteiger partial charge in [-0.3, -0.25) is 0 Å². The Kier molecular flexibility index (Phi) is 5.72. The average Bonchev–Trinajstić information content (AvgIpc) is 3.10. The average molecular weight is 345 g/mol. The molecular weight excluding hydrogens is 324 g/mol. The molecule has 24 heavy (non-hydrogen) atoms. The summed E-state index contributed by atoms with van der Waals surface area (Å²) in [4.78, 5) is 14.5. The molecule has 0 radical (unpaired) electrons. The summed E-state index contributed by atoms with van der Waals surface area (Å²) in [5.41, 5.74) is 1.83. The smallest absolute Gasteiger partial charge is 0.322 e. The van der Waals surface area contributed by atoms with E-state index in [0.29, 0.717) is 18.1 Å². The molecule has 1 aliphatic heterocycles. The van der Waals surface area contributed by atoms with Crippen molar-refractivity contribution >= 4 is 23.3 Å². The second kappa shape index (κ2) is 8.18. The fraction of sp³-hybridized carbons (Fsp3) is 0.316. The van der Waals surface area contributed by atoms with Crippen molar-refractivity contribution < 1.29 is 9.53 Å². The fourth-order valence-corrected chi connectivity index (χ4v) is 2.92. The molecule has 3 rings (SSSR count). The second-order valence-corrected chi connectivity index (χ2v) is 6.37. The molecule has 0 saturated carbocycles. The zero-order chi connectivity index (χ0) is 16.8. The van der Waals surface area contributed by atoms with E-state index in [1.165, 1.54) is 0 Å². The molecule has 2 aromatic rings. The van der Waals surface area contributed by atoms with E-state index in [0.717, 1.165) is 30.7 Å². The van der Waals surface area contributed by atoms with E-state index < -0.39 is 0 Å². The second-order valence-electron chi connectivity index (χ2n) is 5.94. The number of carbonyl (C=O) groups is 1. The molecule has 0 spiro atoms. The zero-order valence-electron chi connectivity index (χ0n) is 13.5. The van der Waals surface area contributed by atoms with E-state index >= 15 is 0 Å². The van der Waals surface area contributed by atoms with Crippen molar-refractivity contribution in [3.8, 4) is 0 Å². The van der Waals surface area contributed by atoms with Gasteiger partial charge in [-0.15, -0.1) is 0 Å². The number of urea groups is 1. The molecular formula is C19H21ClN2O2. The molecule has 126 valence electrons. The van der Waals surface area contributed by atoms with E-state index in [1.54, 1.807) is 29.2 Å². The Morgan fingerprint density at radius 2 is 1.92 bits per heavy atom. The minimum Gasteiger partial charge on any atom is -0.376 e. The fourth-order valence-electron chi connectivity index (χ4n) is 2.79. The van der Waals surface area contributed by atoms with Gasteiger partial charge in [-0.25, -0.2) is 4.79 Å². The van der Waals surface area contributed by atoms with Crippen LogP contribution in [0.4, 0.5) is 10.5 Å². The van der Waals surface area contributed by atoms with Crippen molar-refractivity contribution in [1.29, 1.82) is 0 Å². The quantitative estimate of drug-likeness (QED) is 0.864. The van der Waals surface area contributed by atoms with Gasteiger partial charge in [-0.05, 0) is 42.7 Å². The van der Waals surface area contributed by atoms with Gasteiger partial charge < -0.3 is 15.0 Å². The lowest BCUT2D eigenvalue weighted by Gasteiger charge is -2.26. The van der Waals surface area contributed by atoms with Crippen molar-refractivity contribution in [1.82, 2.24) is 4.90 Å². The molecule has 1 heterocycles. The summed E-state index contributed by atoms with van der Waals surface area (Å²) >= 11 is 5.89. The minimum atomic E-state index is -0.128. The van der Waals surface area contributed by atoms with Crippen LogP contribution in [0.15, 0.2) is 54.6 Å². The SMILES string of the molecule is O=C(Nc1ccc(Cl)cc1)N(Cc1ccccc1)C[C@@H]1CCCO1. The summed E-state index contributed by atoms with van der Waals surface area (Å²) < 4.78 is 5.70. The molecule has 1 saturated heterocycles. The maximum Gasteiger partial charge on any atom is 0.322 e. The van der Waals surface area contributed by atoms with Crippen LogP contribution >= 0.6 is 11.6 Å². The first-order valence-corrected chi connectivity index (χ1v) is 8.55. The van der Waals surface area contributed by atoms with Gasteiger partial charge >= 0.3 is 6.03 Å². The molecule has 1 aliphatic rings. The van der Waals surface area contributed by atoms with Crippen LogP contribution in [-0.4, -0.2) is 30.2 Å². The largest absolute Gasteiger partial charge is 0.376 e. The lowest BCUT2D eigenvalue weighted by atomic mass is 10.2. The van der Waals surface area contributed by atoms with Gasteiger partial charge in [0.1, 0.15) is 0 Å². The third kappa shape index (κ3) is 4.73. The number of ether oxygens (including phenoxy) is 1. The van der Waals surface area contributed by atoms with E-state index in [2.05, 4.69) is 5.32 Å². The van der Waals surface area contributed by atoms with Crippen molar-refractivity contribution in [3.05, 3.63) is 65.2 Å². The number of hydrogen-bond acceptors (Lipinski definition) is 2. The maximum absolute atomic E-state index is 12.7. The maximum atomic E-state index is 12.7. The summed E-state index contributed by atoms with van der Waals surface area (Å²) in [6.07, 6.45) is 2.17. The number of halogens is 1. The van der Waals surface area contributed by atoms with Gasteiger partial charge in [0, 0.05) is 30.4 Å². The Bertz CT molecular complexity index is 655. The Morgan fingerprint density at radius 1 is 1.17 bits per heavy atom. The van der Waals surface area contributed by atoms with Crippen molar-refractivity contribution in [3.63, 3.8) is 0 Å². The molecule has 0 bridgehead atoms. The van der Waals surface area contributed by atoms with Crippen LogP contribution in [0, 0.1) is 0 Å². The zero-order valence-corrected chi connectivity index (χ0v) is 14.2. The predicted octanol–water partition coefficient (Wildman–Crippen LogP) is 4.55. The first-order valence-electron chi connectivity index (χ1n) is 8.18. The van der Waals surface area contributed by atoms with Crippen molar-refractivity contribution in [2.24, 2.45) is 0 Å². The number of nitrogens with zero attached hydrogens (tertiary/aromatic N) is 1. The van der Waals surface area contributed by atoms with Gasteiger partial charge in [0.05, 0.1) is 6.10 Å². The third-order valence-corrected chi connectivity index (χ3v) is 4.30. The van der Waals surface area contributed by atoms with E-state index in [1.807, 2.05) is 30.3 Å². The van der Waals surface area contributed by atoms with Crippen molar-refractivity contribution in [2.45, 2.75) is 25.5 Å². The van der Waals surface area contributed by atoms with E-state index in [4.69, 9.17) is 16.3 Å². The molecule has 0 aliphatic carbocycles. The molecule has 4 nitrogen and oxygen atoms in total. The highest BCUT2D eigenvalue weighted by atomic mass is 35.5. The summed E-state index contributed by atoms with van der Waals surface area (Å²) in [5.74, 6) is 0. The standard InChI is InChI=1S/C19H21ClN2O2/c20-16-8-10-17(11-9-16)21-19(23)22(14-18-7-4-12-24-18)13-15-5-2-1-3-6-15/h1-3,5-6,8-11,18H,4,7,12-14H2,(H,21,23)/t18-/m0/s1. The van der Waals surface area contributed by atoms with Crippen LogP contribution in [0.3, 0.4) is 0 Å². The van der Waals surface area contributed by atoms with Gasteiger partial charge in [0.15, 0.2) is 0 Å². The summed E-state index contributed by atoms with van der Waals surface area (Å²) in [7, 11) is 0. The normalized spacial score (nSPS) is 16.8. The van der Waals surface area contributed by atoms with Crippen LogP contribution in [0.5, 0.6) is 0 Å². The van der Waals surface area contributed by atoms with Gasteiger partial charge in [-0.1, -0.05) is 41.9 Å². The molecule has 1 fully saturated rings. The molecule has 5 heteroatoms. The molecule has 1 N–H and O–H groups in total. The number of anilines is 1. The highest BCUT2D eigenvalue weighted by Crippen LogP contribution is 2.18. The van der Waals surface area contributed by atoms with Gasteiger partial charge in [0.2, 0.25) is 0 Å². The molecule has 0 unspecified atom stereocenters. The van der Waals surface area contributed by atoms with E-state index in [-0.39, 0.29) is 12.1 Å². The summed E-state index contributed by atoms with van der Waals surface area (Å²) in [5, 5.41) is 3.58. The van der Waals surface area contributed by atoms with Gasteiger partial charge in [0.25, 0.3) is 0 Å². The summed E-state index contributed by atoms with van der Waals surface area (Å²) in [6, 6.07) is 17.0. The highest BCUT2D eigenvalue weighted by Gasteiger charge is 2.22. The van der Waals surface area contributed by atoms with Crippen LogP contribution < -0.4 is 5.32 Å². The topological polar surface area (TPSA) is 41.6 Å². The number of nitrogens with one attached hydrogen (secondary N) is 1. The Labute approximate surface area is 147 Å². The molecule has 1 atom stereocenters. The first kappa shape index (κ1) is 16.8. The predicted molar refractivity (Wildman–Crippen MR) is 96.3 cm³/mol. The Balaban J connectivity index is 1.69. The van der Waals surface area contributed by atoms with Crippen LogP contribution in [0.2, 0.25) is 5.02 Å². The monoisotopic (exact) mass is 344 g/mol. The van der Waals surface area contributed by atoms with Crippen LogP contribution in [0.25, 0.3) is 0 Å². The third-order valence-electron chi connectivity index (χ3n) is 4.05. The number of amides is 2. The lowest BCUT2D eigenvalue weighted by molar-refractivity contribution is 0.0819. The molecule has 2 aromatic carbocycles. The lowest BCUT2D eigenvalue weighted by Crippen LogP contribution is -2.39. The van der Waals surface area contributed by atoms with Crippen LogP contribution in [0.1, 0.15) is 18.4 Å². The molecule has 0 aromatic heterocycles. The van der Waals surface area contributed by atoms with Crippen LogP contribution in [-0.2, 0) is 11.3 Å². The molecule has 2 amide bonds. The minimum absolute atomic E-state index is 0.115. The highest BCUT2D eigenvalue weighted by molar-refractivity contribution is 6.30. The van der Waals surface area contributed by atoms with Crippen molar-refractivity contribution in [2.75, 3.05) is 18.5 Å². The number of carbonyl (C=O) groups excluding carboxylic acids is 1. The number of benzene rings is 2. The van der Waals surface area contributed by atoms with Gasteiger partial charge in [-0.2, -0.15) is 0 Å². The summed E-state index contributed by atoms with van der Waals surface area (Å²) in [6.45, 7) is 1.93. The Hall–Kier alpha value is -2.04. The number of hydrogen-bond donors (Lipinski definition) is 1. The Morgan fingerprint density at radius 3 is 2.58 bits per heavy atom.